The van der Waals surface area contributed by atoms with Gasteiger partial charge in [-0.15, -0.1) is 0 Å². The van der Waals surface area contributed by atoms with Crippen LogP contribution in [0.4, 0.5) is 0 Å². The van der Waals surface area contributed by atoms with Gasteiger partial charge in [-0.3, -0.25) is 0 Å². The number of methoxy groups -OCH3 is 1. The monoisotopic (exact) mass is 395 g/mol. The molecule has 3 rings (SSSR count). The Hall–Kier alpha value is -1.60. The predicted octanol–water partition coefficient (Wildman–Crippen LogP) is 3.37. The van der Waals surface area contributed by atoms with Crippen molar-refractivity contribution in [1.82, 2.24) is 4.31 Å². The van der Waals surface area contributed by atoms with E-state index in [1.165, 1.54) is 17.5 Å². The molecule has 7 heteroatoms. The lowest BCUT2D eigenvalue weighted by molar-refractivity contribution is -0.0529. The van der Waals surface area contributed by atoms with Gasteiger partial charge in [-0.1, -0.05) is 41.9 Å². The van der Waals surface area contributed by atoms with Crippen molar-refractivity contribution in [3.05, 3.63) is 59.1 Å². The molecule has 0 aromatic heterocycles. The van der Waals surface area contributed by atoms with Crippen LogP contribution in [0.3, 0.4) is 0 Å². The average Bonchev–Trinajstić information content (AvgIpc) is 2.62. The molecular formula is C19H22ClNO4S. The number of benzene rings is 2. The number of sulfonamides is 1. The van der Waals surface area contributed by atoms with Gasteiger partial charge in [-0.05, 0) is 37.1 Å². The fraction of sp³-hybridized carbons (Fsp3) is 0.368. The highest BCUT2D eigenvalue weighted by atomic mass is 35.5. The van der Waals surface area contributed by atoms with E-state index in [2.05, 4.69) is 0 Å². The maximum Gasteiger partial charge on any atom is 0.246 e. The number of hydrogen-bond acceptors (Lipinski definition) is 4. The average molecular weight is 396 g/mol. The molecule has 0 spiro atoms. The molecule has 2 aromatic carbocycles. The number of rotatable bonds is 5. The number of ether oxygens (including phenoxy) is 2. The molecule has 2 atom stereocenters. The van der Waals surface area contributed by atoms with Crippen molar-refractivity contribution in [3.63, 3.8) is 0 Å². The molecule has 0 aliphatic carbocycles. The molecule has 5 nitrogen and oxygen atoms in total. The number of hydrogen-bond donors (Lipinski definition) is 0. The van der Waals surface area contributed by atoms with Crippen LogP contribution in [0.25, 0.3) is 0 Å². The molecule has 0 bridgehead atoms. The molecule has 26 heavy (non-hydrogen) atoms. The summed E-state index contributed by atoms with van der Waals surface area (Å²) >= 11 is 6.02. The zero-order valence-corrected chi connectivity index (χ0v) is 16.3. The molecular weight excluding hydrogens is 374 g/mol. The van der Waals surface area contributed by atoms with Crippen molar-refractivity contribution in [2.45, 2.75) is 30.4 Å². The van der Waals surface area contributed by atoms with Crippen LogP contribution < -0.4 is 4.74 Å². The van der Waals surface area contributed by atoms with Crippen LogP contribution >= 0.6 is 11.6 Å². The van der Waals surface area contributed by atoms with E-state index in [0.717, 1.165) is 5.56 Å². The summed E-state index contributed by atoms with van der Waals surface area (Å²) < 4.78 is 39.0. The molecule has 0 amide bonds. The predicted molar refractivity (Wildman–Crippen MR) is 101 cm³/mol. The Kier molecular flexibility index (Phi) is 5.87. The van der Waals surface area contributed by atoms with Crippen LogP contribution in [0, 0.1) is 0 Å². The highest BCUT2D eigenvalue weighted by molar-refractivity contribution is 7.89. The van der Waals surface area contributed by atoms with Crippen molar-refractivity contribution in [2.24, 2.45) is 0 Å². The Morgan fingerprint density at radius 3 is 2.62 bits per heavy atom. The van der Waals surface area contributed by atoms with E-state index < -0.39 is 10.0 Å². The van der Waals surface area contributed by atoms with Gasteiger partial charge in [0.2, 0.25) is 10.0 Å². The second-order valence-electron chi connectivity index (χ2n) is 6.38. The van der Waals surface area contributed by atoms with Crippen LogP contribution in [-0.2, 0) is 21.2 Å². The number of nitrogens with zero attached hydrogens (tertiary/aromatic N) is 1. The summed E-state index contributed by atoms with van der Waals surface area (Å²) in [6.07, 6.45) is 0.252. The van der Waals surface area contributed by atoms with E-state index in [0.29, 0.717) is 18.0 Å². The Bertz CT molecular complexity index is 857. The third kappa shape index (κ3) is 4.20. The van der Waals surface area contributed by atoms with E-state index >= 15 is 0 Å². The highest BCUT2D eigenvalue weighted by Gasteiger charge is 2.35. The second kappa shape index (κ2) is 7.96. The molecule has 1 heterocycles. The van der Waals surface area contributed by atoms with E-state index in [4.69, 9.17) is 21.1 Å². The molecule has 1 fully saturated rings. The quantitative estimate of drug-likeness (QED) is 0.778. The van der Waals surface area contributed by atoms with Crippen LogP contribution in [0.1, 0.15) is 12.5 Å². The molecule has 2 unspecified atom stereocenters. The number of morpholine rings is 1. The third-order valence-electron chi connectivity index (χ3n) is 4.34. The molecule has 2 aromatic rings. The maximum absolute atomic E-state index is 13.2. The molecule has 140 valence electrons. The van der Waals surface area contributed by atoms with Crippen molar-refractivity contribution >= 4 is 21.6 Å². The van der Waals surface area contributed by atoms with Crippen LogP contribution in [0.15, 0.2) is 53.4 Å². The van der Waals surface area contributed by atoms with Gasteiger partial charge in [0.15, 0.2) is 0 Å². The maximum atomic E-state index is 13.2. The van der Waals surface area contributed by atoms with Crippen molar-refractivity contribution in [2.75, 3.05) is 20.2 Å². The van der Waals surface area contributed by atoms with Gasteiger partial charge in [-0.2, -0.15) is 4.31 Å². The summed E-state index contributed by atoms with van der Waals surface area (Å²) in [6, 6.07) is 14.5. The molecule has 1 aliphatic heterocycles. The summed E-state index contributed by atoms with van der Waals surface area (Å²) in [5, 5.41) is 0.353. The minimum Gasteiger partial charge on any atom is -0.495 e. The minimum absolute atomic E-state index is 0.0834. The first-order valence-electron chi connectivity index (χ1n) is 8.43. The zero-order valence-electron chi connectivity index (χ0n) is 14.8. The smallest absolute Gasteiger partial charge is 0.246 e. The standard InChI is InChI=1S/C19H22ClNO4S/c1-14-12-21(13-17(25-14)10-15-6-4-3-5-7-15)26(22,23)19-11-16(20)8-9-18(19)24-2/h3-9,11,14,17H,10,12-13H2,1-2H3. The fourth-order valence-electron chi connectivity index (χ4n) is 3.18. The molecule has 1 saturated heterocycles. The Balaban J connectivity index is 1.86. The molecule has 0 radical (unpaired) electrons. The van der Waals surface area contributed by atoms with E-state index in [9.17, 15) is 8.42 Å². The zero-order chi connectivity index (χ0) is 18.7. The summed E-state index contributed by atoms with van der Waals surface area (Å²) in [6.45, 7) is 2.47. The lowest BCUT2D eigenvalue weighted by Gasteiger charge is -2.36. The van der Waals surface area contributed by atoms with Crippen molar-refractivity contribution in [3.8, 4) is 5.75 Å². The first-order chi connectivity index (χ1) is 12.4. The van der Waals surface area contributed by atoms with Crippen LogP contribution in [-0.4, -0.2) is 45.1 Å². The lowest BCUT2D eigenvalue weighted by atomic mass is 10.1. The van der Waals surface area contributed by atoms with Gasteiger partial charge in [-0.25, -0.2) is 8.42 Å². The fourth-order valence-corrected chi connectivity index (χ4v) is 5.15. The summed E-state index contributed by atoms with van der Waals surface area (Å²) in [4.78, 5) is 0.0834. The Labute approximate surface area is 159 Å². The van der Waals surface area contributed by atoms with E-state index in [1.807, 2.05) is 37.3 Å². The van der Waals surface area contributed by atoms with E-state index in [-0.39, 0.29) is 29.4 Å². The first-order valence-corrected chi connectivity index (χ1v) is 10.2. The van der Waals surface area contributed by atoms with Crippen molar-refractivity contribution in [1.29, 1.82) is 0 Å². The number of halogens is 1. The summed E-state index contributed by atoms with van der Waals surface area (Å²) in [7, 11) is -2.29. The van der Waals surface area contributed by atoms with Gasteiger partial charge in [0.05, 0.1) is 19.3 Å². The van der Waals surface area contributed by atoms with Crippen LogP contribution in [0.2, 0.25) is 5.02 Å². The van der Waals surface area contributed by atoms with Crippen LogP contribution in [0.5, 0.6) is 5.75 Å². The Morgan fingerprint density at radius 2 is 1.92 bits per heavy atom. The van der Waals surface area contributed by atoms with Crippen molar-refractivity contribution < 1.29 is 17.9 Å². The van der Waals surface area contributed by atoms with Gasteiger partial charge >= 0.3 is 0 Å². The highest BCUT2D eigenvalue weighted by Crippen LogP contribution is 2.31. The van der Waals surface area contributed by atoms with Gasteiger partial charge in [0, 0.05) is 18.1 Å². The lowest BCUT2D eigenvalue weighted by Crippen LogP contribution is -2.49. The first kappa shape index (κ1) is 19.2. The SMILES string of the molecule is COc1ccc(Cl)cc1S(=O)(=O)N1CC(C)OC(Cc2ccccc2)C1. The van der Waals surface area contributed by atoms with Gasteiger partial charge < -0.3 is 9.47 Å². The van der Waals surface area contributed by atoms with Gasteiger partial charge in [0.1, 0.15) is 10.6 Å². The molecule has 0 saturated carbocycles. The molecule has 1 aliphatic rings. The summed E-state index contributed by atoms with van der Waals surface area (Å²) in [5.41, 5.74) is 1.12. The van der Waals surface area contributed by atoms with E-state index in [1.54, 1.807) is 12.1 Å². The topological polar surface area (TPSA) is 55.8 Å². The summed E-state index contributed by atoms with van der Waals surface area (Å²) in [5.74, 6) is 0.285. The normalized spacial score (nSPS) is 21.5. The minimum atomic E-state index is -3.74. The van der Waals surface area contributed by atoms with Gasteiger partial charge in [0.25, 0.3) is 0 Å². The molecule has 0 N–H and O–H groups in total. The Morgan fingerprint density at radius 1 is 1.19 bits per heavy atom. The largest absolute Gasteiger partial charge is 0.495 e. The third-order valence-corrected chi connectivity index (χ3v) is 6.43. The second-order valence-corrected chi connectivity index (χ2v) is 8.72.